The zero-order valence-corrected chi connectivity index (χ0v) is 14.7. The van der Waals surface area contributed by atoms with E-state index in [0.717, 1.165) is 23.5 Å². The highest BCUT2D eigenvalue weighted by molar-refractivity contribution is 5.91. The lowest BCUT2D eigenvalue weighted by atomic mass is 10.1. The van der Waals surface area contributed by atoms with Crippen molar-refractivity contribution in [3.8, 4) is 0 Å². The van der Waals surface area contributed by atoms with Gasteiger partial charge in [0.05, 0.1) is 0 Å². The van der Waals surface area contributed by atoms with Gasteiger partial charge in [0.1, 0.15) is 0 Å². The number of amides is 1. The van der Waals surface area contributed by atoms with E-state index in [1.165, 1.54) is 37.9 Å². The van der Waals surface area contributed by atoms with Crippen LogP contribution in [0.1, 0.15) is 36.8 Å². The van der Waals surface area contributed by atoms with Gasteiger partial charge in [0, 0.05) is 24.3 Å². The Morgan fingerprint density at radius 1 is 1.04 bits per heavy atom. The van der Waals surface area contributed by atoms with Gasteiger partial charge in [-0.2, -0.15) is 0 Å². The maximum atomic E-state index is 12.2. The van der Waals surface area contributed by atoms with Crippen LogP contribution in [0.2, 0.25) is 0 Å². The molecule has 0 aromatic heterocycles. The summed E-state index contributed by atoms with van der Waals surface area (Å²) in [5.74, 6) is 0.0263. The van der Waals surface area contributed by atoms with Crippen LogP contribution in [0.5, 0.6) is 0 Å². The van der Waals surface area contributed by atoms with E-state index in [0.29, 0.717) is 12.8 Å². The number of nitrogens with zero attached hydrogens (tertiary/aromatic N) is 1. The van der Waals surface area contributed by atoms with Gasteiger partial charge < -0.3 is 11.1 Å². The first kappa shape index (κ1) is 17.5. The third kappa shape index (κ3) is 5.33. The molecule has 4 heteroatoms. The lowest BCUT2D eigenvalue weighted by Crippen LogP contribution is -2.29. The Kier molecular flexibility index (Phi) is 6.07. The van der Waals surface area contributed by atoms with Crippen LogP contribution in [-0.2, 0) is 17.8 Å². The number of carbonyl (C=O) groups is 1. The smallest absolute Gasteiger partial charge is 0.224 e. The van der Waals surface area contributed by atoms with Crippen LogP contribution < -0.4 is 11.1 Å². The van der Waals surface area contributed by atoms with Gasteiger partial charge in [-0.05, 0) is 61.7 Å². The largest absolute Gasteiger partial charge is 0.399 e. The van der Waals surface area contributed by atoms with Gasteiger partial charge in [-0.3, -0.25) is 9.69 Å². The van der Waals surface area contributed by atoms with E-state index in [4.69, 9.17) is 5.73 Å². The molecule has 1 heterocycles. The van der Waals surface area contributed by atoms with Crippen molar-refractivity contribution in [3.05, 3.63) is 59.7 Å². The van der Waals surface area contributed by atoms with Crippen LogP contribution in [0.25, 0.3) is 0 Å². The summed E-state index contributed by atoms with van der Waals surface area (Å²) >= 11 is 0. The Bertz CT molecular complexity index is 708. The van der Waals surface area contributed by atoms with E-state index < -0.39 is 0 Å². The molecule has 1 saturated heterocycles. The quantitative estimate of drug-likeness (QED) is 0.788. The first-order valence-corrected chi connectivity index (χ1v) is 9.15. The molecule has 132 valence electrons. The van der Waals surface area contributed by atoms with Crippen molar-refractivity contribution >= 4 is 17.3 Å². The van der Waals surface area contributed by atoms with Crippen LogP contribution >= 0.6 is 0 Å². The van der Waals surface area contributed by atoms with E-state index in [-0.39, 0.29) is 5.91 Å². The van der Waals surface area contributed by atoms with Crippen LogP contribution in [0.15, 0.2) is 48.5 Å². The Labute approximate surface area is 150 Å². The number of rotatable bonds is 6. The second-order valence-corrected chi connectivity index (χ2v) is 6.78. The molecule has 1 amide bonds. The second-order valence-electron chi connectivity index (χ2n) is 6.78. The molecule has 0 unspecified atom stereocenters. The number of aryl methyl sites for hydroxylation is 1. The molecule has 2 aromatic carbocycles. The molecular weight excluding hydrogens is 310 g/mol. The zero-order valence-electron chi connectivity index (χ0n) is 14.7. The van der Waals surface area contributed by atoms with Gasteiger partial charge in [-0.1, -0.05) is 36.8 Å². The first-order valence-electron chi connectivity index (χ1n) is 9.15. The zero-order chi connectivity index (χ0) is 17.5. The SMILES string of the molecule is Nc1ccccc1CCC(=O)Nc1cccc(CN2CCCCC2)c1. The van der Waals surface area contributed by atoms with Gasteiger partial charge in [0.25, 0.3) is 0 Å². The fourth-order valence-corrected chi connectivity index (χ4v) is 3.36. The van der Waals surface area contributed by atoms with Crippen molar-refractivity contribution in [3.63, 3.8) is 0 Å². The summed E-state index contributed by atoms with van der Waals surface area (Å²) in [6.45, 7) is 3.31. The molecule has 0 saturated carbocycles. The van der Waals surface area contributed by atoms with E-state index in [1.807, 2.05) is 36.4 Å². The number of piperidine rings is 1. The summed E-state index contributed by atoms with van der Waals surface area (Å²) in [6.07, 6.45) is 5.02. The molecule has 0 atom stereocenters. The predicted molar refractivity (Wildman–Crippen MR) is 103 cm³/mol. The predicted octanol–water partition coefficient (Wildman–Crippen LogP) is 3.83. The van der Waals surface area contributed by atoms with Crippen molar-refractivity contribution < 1.29 is 4.79 Å². The molecule has 3 rings (SSSR count). The molecule has 0 spiro atoms. The lowest BCUT2D eigenvalue weighted by molar-refractivity contribution is -0.116. The second kappa shape index (κ2) is 8.67. The monoisotopic (exact) mass is 337 g/mol. The third-order valence-corrected chi connectivity index (χ3v) is 4.74. The number of nitrogens with two attached hydrogens (primary N) is 1. The number of likely N-dealkylation sites (tertiary alicyclic amines) is 1. The summed E-state index contributed by atoms with van der Waals surface area (Å²) in [6, 6.07) is 15.9. The van der Waals surface area contributed by atoms with E-state index in [9.17, 15) is 4.79 Å². The minimum absolute atomic E-state index is 0.0263. The van der Waals surface area contributed by atoms with Crippen molar-refractivity contribution in [1.82, 2.24) is 4.90 Å². The highest BCUT2D eigenvalue weighted by atomic mass is 16.1. The normalized spacial score (nSPS) is 15.0. The van der Waals surface area contributed by atoms with Crippen LogP contribution in [-0.4, -0.2) is 23.9 Å². The molecule has 1 aliphatic rings. The lowest BCUT2D eigenvalue weighted by Gasteiger charge is -2.26. The molecule has 3 N–H and O–H groups in total. The number of nitrogen functional groups attached to an aromatic ring is 1. The highest BCUT2D eigenvalue weighted by Crippen LogP contribution is 2.17. The number of benzene rings is 2. The molecule has 1 fully saturated rings. The Balaban J connectivity index is 1.52. The summed E-state index contributed by atoms with van der Waals surface area (Å²) in [5.41, 5.74) is 9.84. The van der Waals surface area contributed by atoms with E-state index in [2.05, 4.69) is 22.3 Å². The standard InChI is InChI=1S/C21H27N3O/c22-20-10-3-2-8-18(20)11-12-21(25)23-19-9-6-7-17(15-19)16-24-13-4-1-5-14-24/h2-3,6-10,15H,1,4-5,11-14,16,22H2,(H,23,25). The molecule has 1 aliphatic heterocycles. The van der Waals surface area contributed by atoms with Crippen LogP contribution in [0.4, 0.5) is 11.4 Å². The Morgan fingerprint density at radius 2 is 1.84 bits per heavy atom. The number of nitrogens with one attached hydrogen (secondary N) is 1. The number of hydrogen-bond acceptors (Lipinski definition) is 3. The van der Waals surface area contributed by atoms with Gasteiger partial charge in [0.15, 0.2) is 0 Å². The summed E-state index contributed by atoms with van der Waals surface area (Å²) < 4.78 is 0. The van der Waals surface area contributed by atoms with E-state index >= 15 is 0 Å². The maximum Gasteiger partial charge on any atom is 0.224 e. The van der Waals surface area contributed by atoms with Crippen molar-refractivity contribution in [2.45, 2.75) is 38.6 Å². The van der Waals surface area contributed by atoms with Crippen molar-refractivity contribution in [2.75, 3.05) is 24.1 Å². The molecule has 0 aliphatic carbocycles. The summed E-state index contributed by atoms with van der Waals surface area (Å²) in [7, 11) is 0. The van der Waals surface area contributed by atoms with Crippen LogP contribution in [0, 0.1) is 0 Å². The van der Waals surface area contributed by atoms with Crippen molar-refractivity contribution in [2.24, 2.45) is 0 Å². The number of para-hydroxylation sites is 1. The third-order valence-electron chi connectivity index (χ3n) is 4.74. The van der Waals surface area contributed by atoms with Gasteiger partial charge >= 0.3 is 0 Å². The highest BCUT2D eigenvalue weighted by Gasteiger charge is 2.11. The number of anilines is 2. The molecule has 0 bridgehead atoms. The van der Waals surface area contributed by atoms with Crippen molar-refractivity contribution in [1.29, 1.82) is 0 Å². The maximum absolute atomic E-state index is 12.2. The first-order chi connectivity index (χ1) is 12.2. The summed E-state index contributed by atoms with van der Waals surface area (Å²) in [5, 5.41) is 3.01. The molecular formula is C21H27N3O. The number of hydrogen-bond donors (Lipinski definition) is 2. The summed E-state index contributed by atoms with van der Waals surface area (Å²) in [4.78, 5) is 14.7. The topological polar surface area (TPSA) is 58.4 Å². The van der Waals surface area contributed by atoms with Crippen LogP contribution in [0.3, 0.4) is 0 Å². The fourth-order valence-electron chi connectivity index (χ4n) is 3.36. The van der Waals surface area contributed by atoms with E-state index in [1.54, 1.807) is 0 Å². The molecule has 0 radical (unpaired) electrons. The van der Waals surface area contributed by atoms with Gasteiger partial charge in [-0.25, -0.2) is 0 Å². The molecule has 2 aromatic rings. The molecule has 25 heavy (non-hydrogen) atoms. The minimum atomic E-state index is 0.0263. The molecule has 4 nitrogen and oxygen atoms in total. The minimum Gasteiger partial charge on any atom is -0.399 e. The fraction of sp³-hybridized carbons (Fsp3) is 0.381. The van der Waals surface area contributed by atoms with Gasteiger partial charge in [0.2, 0.25) is 5.91 Å². The number of carbonyl (C=O) groups excluding carboxylic acids is 1. The Morgan fingerprint density at radius 3 is 2.64 bits per heavy atom. The average Bonchev–Trinajstić information content (AvgIpc) is 2.62. The van der Waals surface area contributed by atoms with Gasteiger partial charge in [-0.15, -0.1) is 0 Å². The Hall–Kier alpha value is -2.33. The average molecular weight is 337 g/mol.